The molecule has 0 heterocycles. The molecule has 0 spiro atoms. The van der Waals surface area contributed by atoms with E-state index in [-0.39, 0.29) is 5.92 Å². The Labute approximate surface area is 126 Å². The highest BCUT2D eigenvalue weighted by molar-refractivity contribution is 5.79. The third-order valence-electron chi connectivity index (χ3n) is 4.70. The predicted molar refractivity (Wildman–Crippen MR) is 82.8 cm³/mol. The molecule has 0 bridgehead atoms. The molecule has 0 aliphatic heterocycles. The molecular weight excluding hydrogens is 266 g/mol. The van der Waals surface area contributed by atoms with Gasteiger partial charge in [0.1, 0.15) is 11.3 Å². The summed E-state index contributed by atoms with van der Waals surface area (Å²) in [4.78, 5) is 11.6. The molecule has 2 rings (SSSR count). The zero-order valence-electron chi connectivity index (χ0n) is 13.1. The number of carboxylic acid groups (broad SMARTS) is 1. The maximum absolute atomic E-state index is 11.6. The largest absolute Gasteiger partial charge is 0.493 e. The number of aryl methyl sites for hydroxylation is 2. The minimum atomic E-state index is -0.772. The number of hydrogen-bond acceptors (Lipinski definition) is 3. The molecule has 1 aromatic carbocycles. The van der Waals surface area contributed by atoms with Gasteiger partial charge in [0.15, 0.2) is 0 Å². The molecule has 1 saturated carbocycles. The lowest BCUT2D eigenvalue weighted by Gasteiger charge is -2.31. The Morgan fingerprint density at radius 2 is 2.24 bits per heavy atom. The van der Waals surface area contributed by atoms with E-state index in [0.29, 0.717) is 13.0 Å². The van der Waals surface area contributed by atoms with Crippen molar-refractivity contribution < 1.29 is 14.6 Å². The average Bonchev–Trinajstić information content (AvgIpc) is 2.85. The van der Waals surface area contributed by atoms with E-state index < -0.39 is 11.5 Å². The highest BCUT2D eigenvalue weighted by Crippen LogP contribution is 2.38. The third-order valence-corrected chi connectivity index (χ3v) is 4.70. The SMILES string of the molecule is CNC1(C(=O)O)CCCC1CCOc1ccc(C)cc1C. The van der Waals surface area contributed by atoms with Crippen molar-refractivity contribution in [2.45, 2.75) is 45.1 Å². The van der Waals surface area contributed by atoms with E-state index in [1.165, 1.54) is 5.56 Å². The van der Waals surface area contributed by atoms with Crippen LogP contribution in [0.25, 0.3) is 0 Å². The Balaban J connectivity index is 1.95. The first-order chi connectivity index (χ1) is 9.99. The van der Waals surface area contributed by atoms with Crippen LogP contribution in [-0.4, -0.2) is 30.3 Å². The molecule has 2 N–H and O–H groups in total. The number of carboxylic acids is 1. The average molecular weight is 291 g/mol. The zero-order chi connectivity index (χ0) is 15.5. The smallest absolute Gasteiger partial charge is 0.324 e. The number of benzene rings is 1. The molecule has 2 atom stereocenters. The number of nitrogens with one attached hydrogen (secondary N) is 1. The molecule has 4 heteroatoms. The van der Waals surface area contributed by atoms with Gasteiger partial charge in [-0.15, -0.1) is 0 Å². The van der Waals surface area contributed by atoms with Crippen molar-refractivity contribution in [3.05, 3.63) is 29.3 Å². The Kier molecular flexibility index (Phi) is 4.88. The van der Waals surface area contributed by atoms with E-state index in [4.69, 9.17) is 4.74 Å². The monoisotopic (exact) mass is 291 g/mol. The molecule has 0 radical (unpaired) electrons. The van der Waals surface area contributed by atoms with Crippen LogP contribution in [0.1, 0.15) is 36.8 Å². The molecule has 1 aliphatic rings. The van der Waals surface area contributed by atoms with Crippen LogP contribution in [0.15, 0.2) is 18.2 Å². The maximum atomic E-state index is 11.6. The summed E-state index contributed by atoms with van der Waals surface area (Å²) >= 11 is 0. The number of ether oxygens (including phenoxy) is 1. The molecule has 1 fully saturated rings. The van der Waals surface area contributed by atoms with E-state index in [2.05, 4.69) is 18.3 Å². The summed E-state index contributed by atoms with van der Waals surface area (Å²) in [7, 11) is 1.75. The van der Waals surface area contributed by atoms with Gasteiger partial charge in [-0.3, -0.25) is 4.79 Å². The number of likely N-dealkylation sites (N-methyl/N-ethyl adjacent to an activating group) is 1. The standard InChI is InChI=1S/C17H25NO3/c1-12-6-7-15(13(2)11-12)21-10-8-14-5-4-9-17(14,18-3)16(19)20/h6-7,11,14,18H,4-5,8-10H2,1-3H3,(H,19,20). The minimum Gasteiger partial charge on any atom is -0.493 e. The van der Waals surface area contributed by atoms with Crippen molar-refractivity contribution in [1.29, 1.82) is 0 Å². The summed E-state index contributed by atoms with van der Waals surface area (Å²) in [5.74, 6) is 0.286. The van der Waals surface area contributed by atoms with E-state index in [1.807, 2.05) is 19.1 Å². The summed E-state index contributed by atoms with van der Waals surface area (Å²) in [5.41, 5.74) is 1.57. The second-order valence-corrected chi connectivity index (χ2v) is 6.02. The van der Waals surface area contributed by atoms with Crippen molar-refractivity contribution >= 4 is 5.97 Å². The first-order valence-corrected chi connectivity index (χ1v) is 7.62. The van der Waals surface area contributed by atoms with Gasteiger partial charge >= 0.3 is 5.97 Å². The quantitative estimate of drug-likeness (QED) is 0.846. The fraction of sp³-hybridized carbons (Fsp3) is 0.588. The van der Waals surface area contributed by atoms with E-state index in [1.54, 1.807) is 7.05 Å². The Hall–Kier alpha value is -1.55. The molecule has 2 unspecified atom stereocenters. The molecule has 0 aromatic heterocycles. The van der Waals surface area contributed by atoms with Crippen LogP contribution in [0.3, 0.4) is 0 Å². The zero-order valence-corrected chi connectivity index (χ0v) is 13.1. The molecule has 0 saturated heterocycles. The van der Waals surface area contributed by atoms with Crippen molar-refractivity contribution in [2.75, 3.05) is 13.7 Å². The van der Waals surface area contributed by atoms with Gasteiger partial charge in [-0.25, -0.2) is 0 Å². The lowest BCUT2D eigenvalue weighted by Crippen LogP contribution is -2.53. The second kappa shape index (κ2) is 6.48. The topological polar surface area (TPSA) is 58.6 Å². The fourth-order valence-corrected chi connectivity index (χ4v) is 3.46. The molecule has 0 amide bonds. The van der Waals surface area contributed by atoms with Gasteiger partial charge in [0.05, 0.1) is 6.61 Å². The van der Waals surface area contributed by atoms with Crippen LogP contribution < -0.4 is 10.1 Å². The summed E-state index contributed by atoms with van der Waals surface area (Å²) in [6.45, 7) is 4.65. The normalized spacial score (nSPS) is 25.0. The van der Waals surface area contributed by atoms with Crippen molar-refractivity contribution in [1.82, 2.24) is 5.32 Å². The van der Waals surface area contributed by atoms with Gasteiger partial charge in [0, 0.05) is 0 Å². The highest BCUT2D eigenvalue weighted by Gasteiger charge is 2.47. The van der Waals surface area contributed by atoms with E-state index in [9.17, 15) is 9.90 Å². The first-order valence-electron chi connectivity index (χ1n) is 7.62. The van der Waals surface area contributed by atoms with Gasteiger partial charge < -0.3 is 15.2 Å². The summed E-state index contributed by atoms with van der Waals surface area (Å²) < 4.78 is 5.85. The predicted octanol–water partition coefficient (Wildman–Crippen LogP) is 2.92. The van der Waals surface area contributed by atoms with E-state index in [0.717, 1.165) is 30.6 Å². The van der Waals surface area contributed by atoms with Crippen LogP contribution >= 0.6 is 0 Å². The summed E-state index contributed by atoms with van der Waals surface area (Å²) in [5, 5.41) is 12.6. The molecule has 116 valence electrons. The van der Waals surface area contributed by atoms with Crippen molar-refractivity contribution in [2.24, 2.45) is 5.92 Å². The number of aliphatic carboxylic acids is 1. The Bertz CT molecular complexity index is 515. The van der Waals surface area contributed by atoms with Gasteiger partial charge in [0.2, 0.25) is 0 Å². The number of rotatable bonds is 6. The fourth-order valence-electron chi connectivity index (χ4n) is 3.46. The molecule has 4 nitrogen and oxygen atoms in total. The minimum absolute atomic E-state index is 0.130. The third kappa shape index (κ3) is 3.21. The lowest BCUT2D eigenvalue weighted by molar-refractivity contribution is -0.146. The number of carbonyl (C=O) groups is 1. The van der Waals surface area contributed by atoms with Crippen LogP contribution in [0.5, 0.6) is 5.75 Å². The van der Waals surface area contributed by atoms with E-state index >= 15 is 0 Å². The van der Waals surface area contributed by atoms with Crippen molar-refractivity contribution in [3.8, 4) is 5.75 Å². The van der Waals surface area contributed by atoms with Gasteiger partial charge in [-0.05, 0) is 57.7 Å². The number of hydrogen-bond donors (Lipinski definition) is 2. The van der Waals surface area contributed by atoms with Gasteiger partial charge in [-0.1, -0.05) is 24.1 Å². The molecule has 21 heavy (non-hydrogen) atoms. The van der Waals surface area contributed by atoms with Gasteiger partial charge in [-0.2, -0.15) is 0 Å². The molecule has 1 aliphatic carbocycles. The second-order valence-electron chi connectivity index (χ2n) is 6.02. The van der Waals surface area contributed by atoms with Crippen molar-refractivity contribution in [3.63, 3.8) is 0 Å². The molecular formula is C17H25NO3. The molecule has 1 aromatic rings. The highest BCUT2D eigenvalue weighted by atomic mass is 16.5. The first kappa shape index (κ1) is 15.8. The van der Waals surface area contributed by atoms with Crippen LogP contribution in [0, 0.1) is 19.8 Å². The van der Waals surface area contributed by atoms with Gasteiger partial charge in [0.25, 0.3) is 0 Å². The summed E-state index contributed by atoms with van der Waals surface area (Å²) in [6, 6.07) is 6.12. The summed E-state index contributed by atoms with van der Waals surface area (Å²) in [6.07, 6.45) is 3.37. The Morgan fingerprint density at radius 3 is 2.86 bits per heavy atom. The van der Waals surface area contributed by atoms with Crippen LogP contribution in [-0.2, 0) is 4.79 Å². The Morgan fingerprint density at radius 1 is 1.48 bits per heavy atom. The maximum Gasteiger partial charge on any atom is 0.324 e. The van der Waals surface area contributed by atoms with Crippen LogP contribution in [0.4, 0.5) is 0 Å². The van der Waals surface area contributed by atoms with Crippen LogP contribution in [0.2, 0.25) is 0 Å². The lowest BCUT2D eigenvalue weighted by atomic mass is 9.85.